The van der Waals surface area contributed by atoms with E-state index in [2.05, 4.69) is 5.32 Å². The van der Waals surface area contributed by atoms with Gasteiger partial charge in [0, 0.05) is 52.2 Å². The molecule has 1 N–H and O–H groups in total. The summed E-state index contributed by atoms with van der Waals surface area (Å²) in [6, 6.07) is 0. The van der Waals surface area contributed by atoms with E-state index < -0.39 is 26.3 Å². The molecule has 2 aliphatic heterocycles. The number of sulfonamides is 1. The lowest BCUT2D eigenvalue weighted by atomic mass is 9.99. The number of ether oxygens (including phenoxy) is 2. The van der Waals surface area contributed by atoms with Crippen molar-refractivity contribution in [1.82, 2.24) is 9.62 Å². The highest BCUT2D eigenvalue weighted by molar-refractivity contribution is 7.91. The van der Waals surface area contributed by atoms with E-state index in [1.165, 1.54) is 4.31 Å². The largest absolute Gasteiger partial charge is 0.459 e. The molecular formula is C14H26N2O5S. The maximum absolute atomic E-state index is 13.1. The molecule has 2 fully saturated rings. The van der Waals surface area contributed by atoms with Crippen molar-refractivity contribution in [2.45, 2.75) is 44.0 Å². The molecule has 0 atom stereocenters. The van der Waals surface area contributed by atoms with Crippen LogP contribution in [0.5, 0.6) is 0 Å². The van der Waals surface area contributed by atoms with E-state index in [1.54, 1.807) is 20.8 Å². The Bertz CT molecular complexity index is 500. The van der Waals surface area contributed by atoms with Crippen LogP contribution in [-0.2, 0) is 24.3 Å². The summed E-state index contributed by atoms with van der Waals surface area (Å²) in [5.74, 6) is -0.651. The molecule has 22 heavy (non-hydrogen) atoms. The molecule has 0 aromatic rings. The summed E-state index contributed by atoms with van der Waals surface area (Å²) in [4.78, 5) is 12.7. The smallest absolute Gasteiger partial charge is 0.329 e. The van der Waals surface area contributed by atoms with Crippen molar-refractivity contribution < 1.29 is 22.7 Å². The summed E-state index contributed by atoms with van der Waals surface area (Å²) in [5, 5.41) is 3.12. The number of rotatable bonds is 3. The van der Waals surface area contributed by atoms with Gasteiger partial charge in [0.15, 0.2) is 4.75 Å². The lowest BCUT2D eigenvalue weighted by Gasteiger charge is -2.40. The fraction of sp³-hybridized carbons (Fsp3) is 0.929. The SMILES string of the molecule is CC(C)(C)OC(=O)C1(S(=O)(=O)N2CCNCC2)CCOCC1. The van der Waals surface area contributed by atoms with Crippen molar-refractivity contribution in [2.75, 3.05) is 39.4 Å². The molecule has 128 valence electrons. The van der Waals surface area contributed by atoms with Crippen molar-refractivity contribution in [2.24, 2.45) is 0 Å². The lowest BCUT2D eigenvalue weighted by molar-refractivity contribution is -0.161. The van der Waals surface area contributed by atoms with Gasteiger partial charge in [0.1, 0.15) is 5.60 Å². The first-order valence-electron chi connectivity index (χ1n) is 7.71. The Hall–Kier alpha value is -0.700. The Balaban J connectivity index is 2.33. The molecule has 2 heterocycles. The molecule has 2 rings (SSSR count). The Labute approximate surface area is 132 Å². The minimum atomic E-state index is -3.78. The Kier molecular flexibility index (Phi) is 5.16. The molecule has 0 saturated carbocycles. The molecule has 0 amide bonds. The van der Waals surface area contributed by atoms with Gasteiger partial charge >= 0.3 is 5.97 Å². The lowest BCUT2D eigenvalue weighted by Crippen LogP contribution is -2.60. The third-order valence-electron chi connectivity index (χ3n) is 3.98. The average Bonchev–Trinajstić information content (AvgIpc) is 2.47. The molecule has 0 unspecified atom stereocenters. The summed E-state index contributed by atoms with van der Waals surface area (Å²) in [6.45, 7) is 7.71. The molecule has 0 aromatic carbocycles. The van der Waals surface area contributed by atoms with Crippen LogP contribution in [0.25, 0.3) is 0 Å². The zero-order valence-electron chi connectivity index (χ0n) is 13.6. The number of piperazine rings is 1. The molecule has 2 saturated heterocycles. The van der Waals surface area contributed by atoms with Gasteiger partial charge in [-0.2, -0.15) is 4.31 Å². The third kappa shape index (κ3) is 3.45. The first kappa shape index (κ1) is 17.7. The Morgan fingerprint density at radius 1 is 1.18 bits per heavy atom. The van der Waals surface area contributed by atoms with Gasteiger partial charge in [-0.25, -0.2) is 8.42 Å². The topological polar surface area (TPSA) is 84.9 Å². The monoisotopic (exact) mass is 334 g/mol. The zero-order valence-corrected chi connectivity index (χ0v) is 14.4. The van der Waals surface area contributed by atoms with Gasteiger partial charge in [-0.15, -0.1) is 0 Å². The van der Waals surface area contributed by atoms with Crippen LogP contribution in [0.3, 0.4) is 0 Å². The summed E-state index contributed by atoms with van der Waals surface area (Å²) in [5.41, 5.74) is -0.721. The maximum atomic E-state index is 13.1. The highest BCUT2D eigenvalue weighted by Crippen LogP contribution is 2.35. The van der Waals surface area contributed by atoms with Crippen LogP contribution in [0.1, 0.15) is 33.6 Å². The second-order valence-electron chi connectivity index (χ2n) is 6.76. The van der Waals surface area contributed by atoms with E-state index in [0.717, 1.165) is 0 Å². The van der Waals surface area contributed by atoms with Crippen LogP contribution < -0.4 is 5.32 Å². The van der Waals surface area contributed by atoms with Crippen LogP contribution in [0.4, 0.5) is 0 Å². The van der Waals surface area contributed by atoms with E-state index in [4.69, 9.17) is 9.47 Å². The Morgan fingerprint density at radius 2 is 1.73 bits per heavy atom. The second kappa shape index (κ2) is 6.43. The number of hydrogen-bond acceptors (Lipinski definition) is 6. The second-order valence-corrected chi connectivity index (χ2v) is 9.01. The molecule has 7 nitrogen and oxygen atoms in total. The number of carbonyl (C=O) groups excluding carboxylic acids is 1. The number of esters is 1. The normalized spacial score (nSPS) is 24.0. The van der Waals surface area contributed by atoms with E-state index in [1.807, 2.05) is 0 Å². The predicted octanol–water partition coefficient (Wildman–Crippen LogP) is 0.112. The molecule has 0 radical (unpaired) electrons. The molecule has 2 aliphatic rings. The van der Waals surface area contributed by atoms with Gasteiger partial charge in [-0.3, -0.25) is 4.79 Å². The van der Waals surface area contributed by atoms with Crippen molar-refractivity contribution in [3.05, 3.63) is 0 Å². The zero-order chi connectivity index (χ0) is 16.4. The van der Waals surface area contributed by atoms with E-state index in [-0.39, 0.29) is 26.1 Å². The quantitative estimate of drug-likeness (QED) is 0.738. The molecule has 0 bridgehead atoms. The fourth-order valence-electron chi connectivity index (χ4n) is 2.77. The Morgan fingerprint density at radius 3 is 2.23 bits per heavy atom. The van der Waals surface area contributed by atoms with Crippen molar-refractivity contribution >= 4 is 16.0 Å². The minimum absolute atomic E-state index is 0.147. The van der Waals surface area contributed by atoms with Crippen LogP contribution in [-0.4, -0.2) is 68.4 Å². The number of nitrogens with one attached hydrogen (secondary N) is 1. The first-order valence-corrected chi connectivity index (χ1v) is 9.15. The van der Waals surface area contributed by atoms with Crippen molar-refractivity contribution in [1.29, 1.82) is 0 Å². The van der Waals surface area contributed by atoms with Gasteiger partial charge in [-0.05, 0) is 20.8 Å². The molecule has 0 spiro atoms. The highest BCUT2D eigenvalue weighted by Gasteiger charge is 2.56. The standard InChI is InChI=1S/C14H26N2O5S/c1-13(2,3)21-12(17)14(4-10-20-11-5-14)22(18,19)16-8-6-15-7-9-16/h15H,4-11H2,1-3H3. The number of nitrogens with zero attached hydrogens (tertiary/aromatic N) is 1. The fourth-order valence-corrected chi connectivity index (χ4v) is 4.86. The summed E-state index contributed by atoms with van der Waals surface area (Å²) < 4.78 is 36.9. The number of hydrogen-bond donors (Lipinski definition) is 1. The van der Waals surface area contributed by atoms with Gasteiger partial charge < -0.3 is 14.8 Å². The average molecular weight is 334 g/mol. The number of carbonyl (C=O) groups is 1. The minimum Gasteiger partial charge on any atom is -0.459 e. The third-order valence-corrected chi connectivity index (χ3v) is 6.59. The molecule has 0 aromatic heterocycles. The van der Waals surface area contributed by atoms with Gasteiger partial charge in [0.2, 0.25) is 10.0 Å². The first-order chi connectivity index (χ1) is 10.2. The van der Waals surface area contributed by atoms with Crippen molar-refractivity contribution in [3.63, 3.8) is 0 Å². The molecule has 0 aliphatic carbocycles. The van der Waals surface area contributed by atoms with Gasteiger partial charge in [0.25, 0.3) is 0 Å². The van der Waals surface area contributed by atoms with E-state index in [0.29, 0.717) is 26.2 Å². The van der Waals surface area contributed by atoms with Gasteiger partial charge in [0.05, 0.1) is 0 Å². The molecular weight excluding hydrogens is 308 g/mol. The summed E-state index contributed by atoms with van der Waals surface area (Å²) in [7, 11) is -3.78. The highest BCUT2D eigenvalue weighted by atomic mass is 32.2. The molecule has 8 heteroatoms. The van der Waals surface area contributed by atoms with Crippen LogP contribution in [0, 0.1) is 0 Å². The van der Waals surface area contributed by atoms with Crippen LogP contribution >= 0.6 is 0 Å². The maximum Gasteiger partial charge on any atom is 0.329 e. The van der Waals surface area contributed by atoms with Crippen molar-refractivity contribution in [3.8, 4) is 0 Å². The van der Waals surface area contributed by atoms with Crippen LogP contribution in [0.15, 0.2) is 0 Å². The van der Waals surface area contributed by atoms with E-state index >= 15 is 0 Å². The summed E-state index contributed by atoms with van der Waals surface area (Å²) >= 11 is 0. The van der Waals surface area contributed by atoms with Crippen LogP contribution in [0.2, 0.25) is 0 Å². The van der Waals surface area contributed by atoms with Gasteiger partial charge in [-0.1, -0.05) is 0 Å². The van der Waals surface area contributed by atoms with E-state index in [9.17, 15) is 13.2 Å². The predicted molar refractivity (Wildman–Crippen MR) is 82.0 cm³/mol. The summed E-state index contributed by atoms with van der Waals surface area (Å²) in [6.07, 6.45) is 0.294.